The highest BCUT2D eigenvalue weighted by atomic mass is 16.3. The molecule has 0 aliphatic carbocycles. The highest BCUT2D eigenvalue weighted by Gasteiger charge is 2.30. The third kappa shape index (κ3) is 4.94. The molecule has 3 rings (SSSR count). The average Bonchev–Trinajstić information content (AvgIpc) is 2.96. The molecule has 0 amide bonds. The summed E-state index contributed by atoms with van der Waals surface area (Å²) in [6.45, 7) is 3.30. The summed E-state index contributed by atoms with van der Waals surface area (Å²) in [6.07, 6.45) is 0.479. The fraction of sp³-hybridized carbons (Fsp3) is 0.333. The van der Waals surface area contributed by atoms with Crippen LogP contribution in [0.15, 0.2) is 60.7 Å². The quantitative estimate of drug-likeness (QED) is 0.655. The molecular weight excluding hydrogens is 296 g/mol. The number of hydrogen-bond acceptors (Lipinski definition) is 3. The van der Waals surface area contributed by atoms with Crippen molar-refractivity contribution < 1.29 is 5.11 Å². The van der Waals surface area contributed by atoms with Gasteiger partial charge in [0.15, 0.2) is 0 Å². The zero-order valence-electron chi connectivity index (χ0n) is 13.9. The maximum absolute atomic E-state index is 10.2. The second-order valence-corrected chi connectivity index (χ2v) is 6.23. The lowest BCUT2D eigenvalue weighted by Gasteiger charge is -2.16. The van der Waals surface area contributed by atoms with Crippen molar-refractivity contribution in [2.24, 2.45) is 0 Å². The van der Waals surface area contributed by atoms with Gasteiger partial charge in [-0.1, -0.05) is 60.4 Å². The first kappa shape index (κ1) is 16.7. The fourth-order valence-corrected chi connectivity index (χ4v) is 3.04. The molecule has 0 bridgehead atoms. The number of nitrogens with zero attached hydrogens (tertiary/aromatic N) is 1. The predicted molar refractivity (Wildman–Crippen MR) is 97.5 cm³/mol. The summed E-state index contributed by atoms with van der Waals surface area (Å²) in [5.41, 5.74) is 2.34. The van der Waals surface area contributed by atoms with Crippen molar-refractivity contribution in [3.8, 4) is 11.8 Å². The number of nitrogens with one attached hydrogen (secondary N) is 1. The summed E-state index contributed by atoms with van der Waals surface area (Å²) in [7, 11) is 0. The molecule has 124 valence electrons. The van der Waals surface area contributed by atoms with E-state index in [0.29, 0.717) is 0 Å². The molecule has 1 aliphatic heterocycles. The Kier molecular flexibility index (Phi) is 6.03. The smallest absolute Gasteiger partial charge is 0.0832 e. The lowest BCUT2D eigenvalue weighted by molar-refractivity contribution is 0.153. The number of rotatable bonds is 5. The van der Waals surface area contributed by atoms with Gasteiger partial charge in [0.25, 0.3) is 0 Å². The van der Waals surface area contributed by atoms with Gasteiger partial charge >= 0.3 is 0 Å². The second-order valence-electron chi connectivity index (χ2n) is 6.23. The Balaban J connectivity index is 1.41. The first-order valence-corrected chi connectivity index (χ1v) is 8.53. The van der Waals surface area contributed by atoms with E-state index in [-0.39, 0.29) is 12.1 Å². The highest BCUT2D eigenvalue weighted by molar-refractivity contribution is 5.33. The van der Waals surface area contributed by atoms with Gasteiger partial charge < -0.3 is 10.4 Å². The lowest BCUT2D eigenvalue weighted by Crippen LogP contribution is -2.39. The van der Waals surface area contributed by atoms with Crippen LogP contribution in [0.4, 0.5) is 0 Å². The largest absolute Gasteiger partial charge is 0.390 e. The lowest BCUT2D eigenvalue weighted by atomic mass is 10.2. The number of aliphatic hydroxyl groups excluding tert-OH is 1. The van der Waals surface area contributed by atoms with E-state index in [1.54, 1.807) is 0 Å². The van der Waals surface area contributed by atoms with E-state index >= 15 is 0 Å². The molecule has 0 saturated carbocycles. The third-order valence-electron chi connectivity index (χ3n) is 4.28. The number of hydrogen-bond donors (Lipinski definition) is 2. The van der Waals surface area contributed by atoms with E-state index in [1.165, 1.54) is 5.56 Å². The van der Waals surface area contributed by atoms with E-state index in [2.05, 4.69) is 46.3 Å². The number of likely N-dealkylation sites (tertiary alicyclic amines) is 1. The third-order valence-corrected chi connectivity index (χ3v) is 4.28. The average molecular weight is 320 g/mol. The zero-order chi connectivity index (χ0) is 16.6. The molecule has 2 aromatic carbocycles. The van der Waals surface area contributed by atoms with Gasteiger partial charge in [0.1, 0.15) is 0 Å². The summed E-state index contributed by atoms with van der Waals surface area (Å²) < 4.78 is 0. The van der Waals surface area contributed by atoms with Gasteiger partial charge in [-0.2, -0.15) is 0 Å². The molecular formula is C21H24N2O. The molecule has 1 aliphatic rings. The molecule has 0 aromatic heterocycles. The van der Waals surface area contributed by atoms with Crippen LogP contribution in [0.2, 0.25) is 0 Å². The molecule has 0 spiro atoms. The van der Waals surface area contributed by atoms with E-state index in [0.717, 1.165) is 38.2 Å². The van der Waals surface area contributed by atoms with Gasteiger partial charge in [-0.25, -0.2) is 0 Å². The minimum absolute atomic E-state index is 0.132. The van der Waals surface area contributed by atoms with Crippen LogP contribution in [-0.4, -0.2) is 41.8 Å². The predicted octanol–water partition coefficient (Wildman–Crippen LogP) is 2.26. The molecule has 3 heteroatoms. The van der Waals surface area contributed by atoms with Crippen molar-refractivity contribution in [1.29, 1.82) is 0 Å². The normalized spacial score (nSPS) is 20.5. The molecule has 0 unspecified atom stereocenters. The number of β-amino-alcohol motifs (C(OH)–C–C–N with tert-alkyl or cyclic N) is 1. The molecule has 0 radical (unpaired) electrons. The summed E-state index contributed by atoms with van der Waals surface area (Å²) in [4.78, 5) is 2.30. The van der Waals surface area contributed by atoms with Crippen LogP contribution in [0, 0.1) is 11.8 Å². The van der Waals surface area contributed by atoms with Gasteiger partial charge in [0.2, 0.25) is 0 Å². The van der Waals surface area contributed by atoms with Gasteiger partial charge in [-0.3, -0.25) is 4.90 Å². The maximum Gasteiger partial charge on any atom is 0.0832 e. The van der Waals surface area contributed by atoms with Crippen molar-refractivity contribution in [2.45, 2.75) is 25.1 Å². The Hall–Kier alpha value is -2.12. The fourth-order valence-electron chi connectivity index (χ4n) is 3.04. The van der Waals surface area contributed by atoms with Gasteiger partial charge in [0, 0.05) is 44.2 Å². The standard InChI is InChI=1S/C21H24N2O/c24-21-17-23(15-19-12-5-2-6-13-19)16-20(21)22-14-8-7-11-18-9-3-1-4-10-18/h1-6,9-10,12-13,20-22,24H,8,14-17H2/t20-,21-/m0/s1. The van der Waals surface area contributed by atoms with Crippen LogP contribution in [0.3, 0.4) is 0 Å². The van der Waals surface area contributed by atoms with Crippen molar-refractivity contribution in [3.63, 3.8) is 0 Å². The highest BCUT2D eigenvalue weighted by Crippen LogP contribution is 2.14. The molecule has 2 atom stereocenters. The van der Waals surface area contributed by atoms with E-state index in [9.17, 15) is 5.11 Å². The first-order chi connectivity index (χ1) is 11.8. The Morgan fingerprint density at radius 1 is 1.00 bits per heavy atom. The molecule has 1 heterocycles. The van der Waals surface area contributed by atoms with Crippen molar-refractivity contribution in [3.05, 3.63) is 71.8 Å². The maximum atomic E-state index is 10.2. The minimum Gasteiger partial charge on any atom is -0.390 e. The Labute approximate surface area is 144 Å². The van der Waals surface area contributed by atoms with Crippen LogP contribution >= 0.6 is 0 Å². The molecule has 2 aromatic rings. The Bertz CT molecular complexity index is 675. The van der Waals surface area contributed by atoms with Crippen LogP contribution in [0.25, 0.3) is 0 Å². The minimum atomic E-state index is -0.309. The molecule has 24 heavy (non-hydrogen) atoms. The van der Waals surface area contributed by atoms with Crippen molar-refractivity contribution in [1.82, 2.24) is 10.2 Å². The second kappa shape index (κ2) is 8.65. The van der Waals surface area contributed by atoms with Crippen LogP contribution in [-0.2, 0) is 6.54 Å². The Morgan fingerprint density at radius 3 is 2.46 bits per heavy atom. The summed E-state index contributed by atoms with van der Waals surface area (Å²) >= 11 is 0. The van der Waals surface area contributed by atoms with Crippen molar-refractivity contribution >= 4 is 0 Å². The summed E-state index contributed by atoms with van der Waals surface area (Å²) in [6, 6.07) is 20.6. The zero-order valence-corrected chi connectivity index (χ0v) is 13.9. The summed E-state index contributed by atoms with van der Waals surface area (Å²) in [5, 5.41) is 13.7. The monoisotopic (exact) mass is 320 g/mol. The number of benzene rings is 2. The molecule has 1 saturated heterocycles. The van der Waals surface area contributed by atoms with Crippen LogP contribution in [0.5, 0.6) is 0 Å². The van der Waals surface area contributed by atoms with Crippen molar-refractivity contribution in [2.75, 3.05) is 19.6 Å². The SMILES string of the molecule is O[C@H]1CN(Cc2ccccc2)C[C@@H]1NCCC#Cc1ccccc1. The van der Waals surface area contributed by atoms with Gasteiger partial charge in [0.05, 0.1) is 6.10 Å². The first-order valence-electron chi connectivity index (χ1n) is 8.53. The van der Waals surface area contributed by atoms with Gasteiger partial charge in [-0.15, -0.1) is 0 Å². The van der Waals surface area contributed by atoms with E-state index in [4.69, 9.17) is 0 Å². The number of aliphatic hydroxyl groups is 1. The van der Waals surface area contributed by atoms with Crippen LogP contribution in [0.1, 0.15) is 17.5 Å². The molecule has 1 fully saturated rings. The topological polar surface area (TPSA) is 35.5 Å². The molecule has 3 nitrogen and oxygen atoms in total. The summed E-state index contributed by atoms with van der Waals surface area (Å²) in [5.74, 6) is 6.34. The van der Waals surface area contributed by atoms with Gasteiger partial charge in [-0.05, 0) is 17.7 Å². The van der Waals surface area contributed by atoms with Crippen LogP contribution < -0.4 is 5.32 Å². The molecule has 2 N–H and O–H groups in total. The van der Waals surface area contributed by atoms with E-state index in [1.807, 2.05) is 36.4 Å². The Morgan fingerprint density at radius 2 is 1.71 bits per heavy atom. The van der Waals surface area contributed by atoms with E-state index < -0.39 is 0 Å².